The van der Waals surface area contributed by atoms with Crippen LogP contribution in [-0.2, 0) is 17.8 Å². The SMILES string of the molecule is Cc1c(F)cccc1Cc1c(-c2ccccc2)c2ccccn2c1C(=O)N1CCN[C@@H](CC(=O)NCc2cccnc2)C1. The van der Waals surface area contributed by atoms with Gasteiger partial charge in [-0.15, -0.1) is 0 Å². The number of fused-ring (bicyclic) bond motifs is 1. The molecule has 1 atom stereocenters. The molecule has 1 aliphatic rings. The first-order valence-electron chi connectivity index (χ1n) is 14.6. The van der Waals surface area contributed by atoms with Crippen LogP contribution in [0.5, 0.6) is 0 Å². The maximum atomic E-state index is 14.6. The van der Waals surface area contributed by atoms with Crippen molar-refractivity contribution in [3.63, 3.8) is 0 Å². The molecule has 3 aromatic heterocycles. The molecule has 7 nitrogen and oxygen atoms in total. The van der Waals surface area contributed by atoms with Gasteiger partial charge in [-0.2, -0.15) is 0 Å². The Balaban J connectivity index is 1.32. The lowest BCUT2D eigenvalue weighted by Gasteiger charge is -2.33. The van der Waals surface area contributed by atoms with Gasteiger partial charge in [0.05, 0.1) is 5.52 Å². The fourth-order valence-corrected chi connectivity index (χ4v) is 5.92. The zero-order valence-electron chi connectivity index (χ0n) is 24.1. The van der Waals surface area contributed by atoms with Crippen molar-refractivity contribution in [2.75, 3.05) is 19.6 Å². The van der Waals surface area contributed by atoms with Crippen molar-refractivity contribution in [2.24, 2.45) is 0 Å². The summed E-state index contributed by atoms with van der Waals surface area (Å²) >= 11 is 0. The second kappa shape index (κ2) is 12.6. The third-order valence-corrected chi connectivity index (χ3v) is 8.14. The van der Waals surface area contributed by atoms with Crippen LogP contribution in [-0.4, -0.2) is 51.8 Å². The fourth-order valence-electron chi connectivity index (χ4n) is 5.92. The smallest absolute Gasteiger partial charge is 0.271 e. The number of hydrogen-bond acceptors (Lipinski definition) is 4. The summed E-state index contributed by atoms with van der Waals surface area (Å²) in [6.45, 7) is 3.69. The molecule has 4 heterocycles. The van der Waals surface area contributed by atoms with Crippen LogP contribution in [0.4, 0.5) is 4.39 Å². The standard InChI is InChI=1S/C35H34FN5O2/c1-24-27(12-7-13-30(24)36)19-29-33(26-10-3-2-4-11-26)31-14-5-6-17-41(31)34(29)35(43)40-18-16-38-28(23-40)20-32(42)39-22-25-9-8-15-37-21-25/h2-15,17,21,28,38H,16,18-20,22-23H2,1H3,(H,39,42)/t28-/m0/s1. The van der Waals surface area contributed by atoms with Crippen molar-refractivity contribution in [2.45, 2.75) is 32.4 Å². The van der Waals surface area contributed by atoms with Gasteiger partial charge in [0.25, 0.3) is 5.91 Å². The van der Waals surface area contributed by atoms with Crippen molar-refractivity contribution in [3.05, 3.63) is 131 Å². The summed E-state index contributed by atoms with van der Waals surface area (Å²) in [7, 11) is 0. The average Bonchev–Trinajstić information content (AvgIpc) is 3.36. The molecule has 0 spiro atoms. The number of hydrogen-bond donors (Lipinski definition) is 2. The predicted molar refractivity (Wildman–Crippen MR) is 165 cm³/mol. The van der Waals surface area contributed by atoms with Crippen LogP contribution < -0.4 is 10.6 Å². The highest BCUT2D eigenvalue weighted by molar-refractivity contribution is 6.01. The van der Waals surface area contributed by atoms with Crippen LogP contribution in [0.25, 0.3) is 16.6 Å². The number of pyridine rings is 2. The van der Waals surface area contributed by atoms with Crippen molar-refractivity contribution in [1.29, 1.82) is 0 Å². The van der Waals surface area contributed by atoms with E-state index < -0.39 is 0 Å². The molecule has 43 heavy (non-hydrogen) atoms. The summed E-state index contributed by atoms with van der Waals surface area (Å²) < 4.78 is 16.6. The van der Waals surface area contributed by atoms with E-state index in [1.54, 1.807) is 25.4 Å². The van der Waals surface area contributed by atoms with E-state index in [2.05, 4.69) is 15.6 Å². The van der Waals surface area contributed by atoms with E-state index >= 15 is 0 Å². The zero-order valence-corrected chi connectivity index (χ0v) is 24.1. The van der Waals surface area contributed by atoms with Crippen LogP contribution in [0, 0.1) is 12.7 Å². The first-order chi connectivity index (χ1) is 21.0. The third kappa shape index (κ3) is 6.05. The van der Waals surface area contributed by atoms with Gasteiger partial charge >= 0.3 is 0 Å². The molecule has 0 aliphatic carbocycles. The highest BCUT2D eigenvalue weighted by Crippen LogP contribution is 2.36. The van der Waals surface area contributed by atoms with E-state index in [1.165, 1.54) is 6.07 Å². The van der Waals surface area contributed by atoms with Crippen molar-refractivity contribution >= 4 is 17.3 Å². The fraction of sp³-hybridized carbons (Fsp3) is 0.229. The Morgan fingerprint density at radius 2 is 1.86 bits per heavy atom. The minimum atomic E-state index is -0.262. The molecule has 0 bridgehead atoms. The maximum Gasteiger partial charge on any atom is 0.271 e. The van der Waals surface area contributed by atoms with Crippen LogP contribution >= 0.6 is 0 Å². The van der Waals surface area contributed by atoms with Gasteiger partial charge in [0.1, 0.15) is 11.5 Å². The molecule has 2 N–H and O–H groups in total. The molecule has 1 fully saturated rings. The van der Waals surface area contributed by atoms with Gasteiger partial charge in [0.2, 0.25) is 5.91 Å². The first kappa shape index (κ1) is 28.3. The molecule has 0 unspecified atom stereocenters. The van der Waals surface area contributed by atoms with E-state index in [-0.39, 0.29) is 30.1 Å². The third-order valence-electron chi connectivity index (χ3n) is 8.14. The number of nitrogens with one attached hydrogen (secondary N) is 2. The molecule has 0 radical (unpaired) electrons. The zero-order chi connectivity index (χ0) is 29.8. The van der Waals surface area contributed by atoms with Gasteiger partial charge in [0, 0.05) is 69.2 Å². The summed E-state index contributed by atoms with van der Waals surface area (Å²) in [6, 6.07) is 24.6. The lowest BCUT2D eigenvalue weighted by Crippen LogP contribution is -2.54. The van der Waals surface area contributed by atoms with Gasteiger partial charge in [-0.25, -0.2) is 4.39 Å². The van der Waals surface area contributed by atoms with E-state index in [1.807, 2.05) is 82.2 Å². The highest BCUT2D eigenvalue weighted by Gasteiger charge is 2.31. The van der Waals surface area contributed by atoms with Gasteiger partial charge in [0.15, 0.2) is 0 Å². The highest BCUT2D eigenvalue weighted by atomic mass is 19.1. The van der Waals surface area contributed by atoms with E-state index in [0.29, 0.717) is 43.9 Å². The predicted octanol–water partition coefficient (Wildman–Crippen LogP) is 5.16. The molecule has 6 rings (SSSR count). The minimum Gasteiger partial charge on any atom is -0.352 e. The van der Waals surface area contributed by atoms with Gasteiger partial charge in [-0.3, -0.25) is 14.6 Å². The molecule has 5 aromatic rings. The summed E-state index contributed by atoms with van der Waals surface area (Å²) in [5, 5.41) is 6.36. The number of piperazine rings is 1. The molecule has 0 saturated carbocycles. The quantitative estimate of drug-likeness (QED) is 0.268. The van der Waals surface area contributed by atoms with Gasteiger partial charge in [-0.1, -0.05) is 54.6 Å². The van der Waals surface area contributed by atoms with E-state index in [4.69, 9.17) is 0 Å². The molecule has 2 amide bonds. The second-order valence-electron chi connectivity index (χ2n) is 11.0. The Hall–Kier alpha value is -4.82. The summed E-state index contributed by atoms with van der Waals surface area (Å²) in [5.74, 6) is -0.450. The minimum absolute atomic E-state index is 0.0857. The first-order valence-corrected chi connectivity index (χ1v) is 14.6. The Morgan fingerprint density at radius 3 is 2.67 bits per heavy atom. The van der Waals surface area contributed by atoms with E-state index in [0.717, 1.165) is 33.3 Å². The molecule has 8 heteroatoms. The number of nitrogens with zero attached hydrogens (tertiary/aromatic N) is 3. The Kier molecular flexibility index (Phi) is 8.29. The van der Waals surface area contributed by atoms with Crippen LogP contribution in [0.1, 0.15) is 39.2 Å². The number of rotatable bonds is 8. The number of halogens is 1. The summed E-state index contributed by atoms with van der Waals surface area (Å²) in [4.78, 5) is 33.2. The number of aromatic nitrogens is 2. The Bertz CT molecular complexity index is 1750. The Labute approximate surface area is 250 Å². The molecule has 218 valence electrons. The van der Waals surface area contributed by atoms with Crippen molar-refractivity contribution in [3.8, 4) is 11.1 Å². The van der Waals surface area contributed by atoms with Crippen molar-refractivity contribution in [1.82, 2.24) is 24.9 Å². The van der Waals surface area contributed by atoms with E-state index in [9.17, 15) is 14.0 Å². The largest absolute Gasteiger partial charge is 0.352 e. The monoisotopic (exact) mass is 575 g/mol. The molecule has 1 aliphatic heterocycles. The van der Waals surface area contributed by atoms with Crippen LogP contribution in [0.15, 0.2) is 97.5 Å². The summed E-state index contributed by atoms with van der Waals surface area (Å²) in [5.41, 5.74) is 6.66. The molecule has 1 saturated heterocycles. The topological polar surface area (TPSA) is 78.7 Å². The average molecular weight is 576 g/mol. The number of benzene rings is 2. The van der Waals surface area contributed by atoms with Crippen LogP contribution in [0.3, 0.4) is 0 Å². The number of carbonyl (C=O) groups excluding carboxylic acids is 2. The number of carbonyl (C=O) groups is 2. The van der Waals surface area contributed by atoms with Crippen molar-refractivity contribution < 1.29 is 14.0 Å². The molecular formula is C35H34FN5O2. The Morgan fingerprint density at radius 1 is 1.02 bits per heavy atom. The second-order valence-corrected chi connectivity index (χ2v) is 11.0. The summed E-state index contributed by atoms with van der Waals surface area (Å²) in [6.07, 6.45) is 6.01. The van der Waals surface area contributed by atoms with Gasteiger partial charge < -0.3 is 19.9 Å². The lowest BCUT2D eigenvalue weighted by atomic mass is 9.93. The van der Waals surface area contributed by atoms with Gasteiger partial charge in [-0.05, 0) is 59.0 Å². The van der Waals surface area contributed by atoms with Crippen LogP contribution in [0.2, 0.25) is 0 Å². The molecule has 2 aromatic carbocycles. The molecular weight excluding hydrogens is 541 g/mol. The number of amides is 2. The normalized spacial score (nSPS) is 15.0. The lowest BCUT2D eigenvalue weighted by molar-refractivity contribution is -0.122. The maximum absolute atomic E-state index is 14.6.